The van der Waals surface area contributed by atoms with Crippen molar-refractivity contribution in [3.05, 3.63) is 71.6 Å². The molecule has 8 nitrogen and oxygen atoms in total. The number of nitrogens with one attached hydrogen (secondary N) is 2. The van der Waals surface area contributed by atoms with Crippen molar-refractivity contribution in [3.63, 3.8) is 0 Å². The van der Waals surface area contributed by atoms with Gasteiger partial charge in [-0.3, -0.25) is 9.59 Å². The fourth-order valence-corrected chi connectivity index (χ4v) is 3.94. The number of carbonyl (C=O) groups excluding carboxylic acids is 2. The van der Waals surface area contributed by atoms with Gasteiger partial charge in [-0.05, 0) is 43.5 Å². The van der Waals surface area contributed by atoms with Gasteiger partial charge in [0.25, 0.3) is 5.91 Å². The van der Waals surface area contributed by atoms with Gasteiger partial charge in [0.2, 0.25) is 11.8 Å². The number of hydrogen-bond acceptors (Lipinski definition) is 6. The first-order valence-electron chi connectivity index (χ1n) is 11.4. The maximum Gasteiger partial charge on any atom is 0.254 e. The van der Waals surface area contributed by atoms with Gasteiger partial charge in [0.15, 0.2) is 6.10 Å². The lowest BCUT2D eigenvalue weighted by atomic mass is 9.99. The molecular formula is C26H29N3O5. The topological polar surface area (TPSA) is 103 Å². The van der Waals surface area contributed by atoms with Crippen LogP contribution in [0.15, 0.2) is 59.0 Å². The van der Waals surface area contributed by atoms with Gasteiger partial charge in [-0.2, -0.15) is 0 Å². The monoisotopic (exact) mass is 463 g/mol. The van der Waals surface area contributed by atoms with Gasteiger partial charge in [-0.25, -0.2) is 4.98 Å². The summed E-state index contributed by atoms with van der Waals surface area (Å²) in [7, 11) is 1.50. The van der Waals surface area contributed by atoms with Crippen LogP contribution in [0.3, 0.4) is 0 Å². The highest BCUT2D eigenvalue weighted by Crippen LogP contribution is 2.26. The molecule has 0 saturated carbocycles. The van der Waals surface area contributed by atoms with Crippen LogP contribution in [-0.4, -0.2) is 37.1 Å². The Morgan fingerprint density at radius 3 is 2.62 bits per heavy atom. The molecular weight excluding hydrogens is 434 g/mol. The lowest BCUT2D eigenvalue weighted by molar-refractivity contribution is -0.131. The second-order valence-electron chi connectivity index (χ2n) is 8.22. The maximum atomic E-state index is 12.7. The van der Waals surface area contributed by atoms with E-state index in [1.807, 2.05) is 54.6 Å². The Labute approximate surface area is 198 Å². The Hall–Kier alpha value is -3.49. The Bertz CT molecular complexity index is 1120. The first-order valence-corrected chi connectivity index (χ1v) is 11.4. The Balaban J connectivity index is 1.41. The summed E-state index contributed by atoms with van der Waals surface area (Å²) in [5.41, 5.74) is 2.83. The lowest BCUT2D eigenvalue weighted by Gasteiger charge is -2.21. The highest BCUT2D eigenvalue weighted by molar-refractivity contribution is 5.93. The molecule has 1 aliphatic heterocycles. The predicted octanol–water partition coefficient (Wildman–Crippen LogP) is 4.02. The maximum absolute atomic E-state index is 12.7. The highest BCUT2D eigenvalue weighted by atomic mass is 16.5. The SMILES string of the molecule is COC(C(=O)NCc1nc(-c2cccc(NC(=O)C3CCOCC3)c2)oc1C)c1ccccc1. The number of aromatic nitrogens is 1. The van der Waals surface area contributed by atoms with Crippen molar-refractivity contribution in [3.8, 4) is 11.5 Å². The molecule has 1 aliphatic rings. The number of anilines is 1. The van der Waals surface area contributed by atoms with Crippen LogP contribution in [0.4, 0.5) is 5.69 Å². The van der Waals surface area contributed by atoms with E-state index in [-0.39, 0.29) is 24.3 Å². The zero-order chi connectivity index (χ0) is 23.9. The minimum absolute atomic E-state index is 0.00134. The Morgan fingerprint density at radius 2 is 1.88 bits per heavy atom. The third-order valence-corrected chi connectivity index (χ3v) is 5.87. The molecule has 1 unspecified atom stereocenters. The molecule has 0 aliphatic carbocycles. The van der Waals surface area contributed by atoms with Gasteiger partial charge in [0.1, 0.15) is 11.5 Å². The van der Waals surface area contributed by atoms with Gasteiger partial charge >= 0.3 is 0 Å². The van der Waals surface area contributed by atoms with Crippen LogP contribution >= 0.6 is 0 Å². The van der Waals surface area contributed by atoms with Crippen molar-refractivity contribution in [2.24, 2.45) is 5.92 Å². The molecule has 178 valence electrons. The van der Waals surface area contributed by atoms with E-state index in [1.165, 1.54) is 7.11 Å². The van der Waals surface area contributed by atoms with Gasteiger partial charge in [0, 0.05) is 37.5 Å². The molecule has 2 heterocycles. The summed E-state index contributed by atoms with van der Waals surface area (Å²) in [5.74, 6) is 0.744. The minimum atomic E-state index is -0.705. The summed E-state index contributed by atoms with van der Waals surface area (Å²) in [4.78, 5) is 29.8. The van der Waals surface area contributed by atoms with Crippen LogP contribution < -0.4 is 10.6 Å². The number of benzene rings is 2. The molecule has 4 rings (SSSR count). The minimum Gasteiger partial charge on any atom is -0.441 e. The molecule has 3 aromatic rings. The molecule has 1 aromatic heterocycles. The number of carbonyl (C=O) groups is 2. The summed E-state index contributed by atoms with van der Waals surface area (Å²) < 4.78 is 16.6. The van der Waals surface area contributed by atoms with E-state index in [9.17, 15) is 9.59 Å². The summed E-state index contributed by atoms with van der Waals surface area (Å²) in [5, 5.41) is 5.86. The predicted molar refractivity (Wildman–Crippen MR) is 127 cm³/mol. The van der Waals surface area contributed by atoms with Gasteiger partial charge < -0.3 is 24.5 Å². The molecule has 0 bridgehead atoms. The smallest absolute Gasteiger partial charge is 0.254 e. The quantitative estimate of drug-likeness (QED) is 0.523. The summed E-state index contributed by atoms with van der Waals surface area (Å²) >= 11 is 0. The van der Waals surface area contributed by atoms with E-state index in [1.54, 1.807) is 6.92 Å². The molecule has 34 heavy (non-hydrogen) atoms. The van der Waals surface area contributed by atoms with E-state index in [4.69, 9.17) is 13.9 Å². The molecule has 2 aromatic carbocycles. The zero-order valence-electron chi connectivity index (χ0n) is 19.4. The van der Waals surface area contributed by atoms with Crippen LogP contribution in [0.5, 0.6) is 0 Å². The fraction of sp³-hybridized carbons (Fsp3) is 0.346. The Morgan fingerprint density at radius 1 is 1.12 bits per heavy atom. The van der Waals surface area contributed by atoms with E-state index < -0.39 is 6.10 Å². The Kier molecular flexibility index (Phi) is 7.72. The first kappa shape index (κ1) is 23.7. The highest BCUT2D eigenvalue weighted by Gasteiger charge is 2.23. The molecule has 1 fully saturated rings. The third kappa shape index (κ3) is 5.70. The van der Waals surface area contributed by atoms with Crippen LogP contribution in [-0.2, 0) is 25.6 Å². The number of nitrogens with zero attached hydrogens (tertiary/aromatic N) is 1. The van der Waals surface area contributed by atoms with E-state index in [2.05, 4.69) is 15.6 Å². The number of rotatable bonds is 8. The second kappa shape index (κ2) is 11.1. The standard InChI is InChI=1S/C26H29N3O5/c1-17-22(16-27-25(31)23(32-2)18-7-4-3-5-8-18)29-26(34-17)20-9-6-10-21(15-20)28-24(30)19-11-13-33-14-12-19/h3-10,15,19,23H,11-14,16H2,1-2H3,(H,27,31)(H,28,30). The number of ether oxygens (including phenoxy) is 2. The first-order chi connectivity index (χ1) is 16.5. The fourth-order valence-electron chi connectivity index (χ4n) is 3.94. The summed E-state index contributed by atoms with van der Waals surface area (Å²) in [6.07, 6.45) is 0.755. The molecule has 2 N–H and O–H groups in total. The molecule has 2 amide bonds. The molecule has 0 radical (unpaired) electrons. The van der Waals surface area contributed by atoms with E-state index in [0.29, 0.717) is 36.2 Å². The average molecular weight is 464 g/mol. The molecule has 1 saturated heterocycles. The number of amides is 2. The number of oxazole rings is 1. The molecule has 0 spiro atoms. The van der Waals surface area contributed by atoms with Gasteiger partial charge in [0.05, 0.1) is 6.54 Å². The van der Waals surface area contributed by atoms with Gasteiger partial charge in [-0.15, -0.1) is 0 Å². The number of methoxy groups -OCH3 is 1. The normalized spacial score (nSPS) is 15.0. The van der Waals surface area contributed by atoms with Gasteiger partial charge in [-0.1, -0.05) is 36.4 Å². The van der Waals surface area contributed by atoms with Crippen LogP contribution in [0.25, 0.3) is 11.5 Å². The van der Waals surface area contributed by atoms with E-state index >= 15 is 0 Å². The van der Waals surface area contributed by atoms with Crippen LogP contribution in [0, 0.1) is 12.8 Å². The third-order valence-electron chi connectivity index (χ3n) is 5.87. The number of aryl methyl sites for hydroxylation is 1. The number of hydrogen-bond donors (Lipinski definition) is 2. The second-order valence-corrected chi connectivity index (χ2v) is 8.22. The zero-order valence-corrected chi connectivity index (χ0v) is 19.4. The van der Waals surface area contributed by atoms with Crippen LogP contribution in [0.2, 0.25) is 0 Å². The average Bonchev–Trinajstić information content (AvgIpc) is 3.25. The van der Waals surface area contributed by atoms with E-state index in [0.717, 1.165) is 24.0 Å². The van der Waals surface area contributed by atoms with Crippen molar-refractivity contribution in [2.45, 2.75) is 32.4 Å². The van der Waals surface area contributed by atoms with Crippen molar-refractivity contribution < 1.29 is 23.5 Å². The summed E-state index contributed by atoms with van der Waals surface area (Å²) in [6.45, 7) is 3.24. The van der Waals surface area contributed by atoms with Crippen molar-refractivity contribution in [1.29, 1.82) is 0 Å². The lowest BCUT2D eigenvalue weighted by Crippen LogP contribution is -2.30. The molecule has 1 atom stereocenters. The van der Waals surface area contributed by atoms with Crippen molar-refractivity contribution in [2.75, 3.05) is 25.6 Å². The van der Waals surface area contributed by atoms with Crippen LogP contribution in [0.1, 0.15) is 36.0 Å². The molecule has 8 heteroatoms. The largest absolute Gasteiger partial charge is 0.441 e. The van der Waals surface area contributed by atoms with Crippen molar-refractivity contribution >= 4 is 17.5 Å². The van der Waals surface area contributed by atoms with Crippen molar-refractivity contribution in [1.82, 2.24) is 10.3 Å². The summed E-state index contributed by atoms with van der Waals surface area (Å²) in [6, 6.07) is 16.7.